The van der Waals surface area contributed by atoms with Crippen LogP contribution < -0.4 is 5.32 Å². The molecule has 0 spiro atoms. The summed E-state index contributed by atoms with van der Waals surface area (Å²) < 4.78 is 0. The molecular weight excluding hydrogens is 178 g/mol. The molecule has 0 radical (unpaired) electrons. The van der Waals surface area contributed by atoms with Gasteiger partial charge in [0.25, 0.3) is 0 Å². The summed E-state index contributed by atoms with van der Waals surface area (Å²) in [7, 11) is 0. The molecule has 0 aliphatic carbocycles. The van der Waals surface area contributed by atoms with Gasteiger partial charge in [-0.1, -0.05) is 12.1 Å². The van der Waals surface area contributed by atoms with Gasteiger partial charge in [-0.25, -0.2) is 0 Å². The van der Waals surface area contributed by atoms with Gasteiger partial charge in [-0.2, -0.15) is 0 Å². The zero-order valence-corrected chi connectivity index (χ0v) is 7.75. The summed E-state index contributed by atoms with van der Waals surface area (Å²) in [4.78, 5) is 21.8. The molecule has 0 atom stereocenters. The summed E-state index contributed by atoms with van der Waals surface area (Å²) in [6.45, 7) is 0. The van der Waals surface area contributed by atoms with Gasteiger partial charge in [0.05, 0.1) is 0 Å². The van der Waals surface area contributed by atoms with Crippen LogP contribution in [-0.2, 0) is 11.2 Å². The maximum atomic E-state index is 11.2. The van der Waals surface area contributed by atoms with Crippen molar-refractivity contribution in [3.8, 4) is 0 Å². The van der Waals surface area contributed by atoms with Crippen molar-refractivity contribution in [2.24, 2.45) is 0 Å². The Hall–Kier alpha value is -1.64. The number of carbonyl (C=O) groups is 2. The average Bonchev–Trinajstić information content (AvgIpc) is 2.37. The van der Waals surface area contributed by atoms with Crippen molar-refractivity contribution in [1.82, 2.24) is 0 Å². The maximum Gasteiger partial charge on any atom is 0.224 e. The number of aldehydes is 1. The number of carbonyl (C=O) groups excluding carboxylic acids is 2. The second kappa shape index (κ2) is 3.62. The first-order chi connectivity index (χ1) is 6.79. The van der Waals surface area contributed by atoms with Gasteiger partial charge in [0, 0.05) is 17.7 Å². The van der Waals surface area contributed by atoms with Gasteiger partial charge in [0.15, 0.2) is 0 Å². The molecule has 1 aromatic rings. The number of aryl methyl sites for hydroxylation is 1. The largest absolute Gasteiger partial charge is 0.326 e. The summed E-state index contributed by atoms with van der Waals surface area (Å²) in [5.74, 6) is 0.0341. The minimum Gasteiger partial charge on any atom is -0.326 e. The Labute approximate surface area is 82.1 Å². The van der Waals surface area contributed by atoms with Crippen molar-refractivity contribution in [2.75, 3.05) is 5.32 Å². The number of fused-ring (bicyclic) bond motifs is 1. The van der Waals surface area contributed by atoms with Gasteiger partial charge in [-0.05, 0) is 24.5 Å². The third kappa shape index (κ3) is 1.66. The molecule has 3 nitrogen and oxygen atoms in total. The SMILES string of the molecule is O=Cc1ccc2c(c1)NC(=O)CCC2. The molecule has 14 heavy (non-hydrogen) atoms. The van der Waals surface area contributed by atoms with Gasteiger partial charge >= 0.3 is 0 Å². The molecule has 1 aliphatic rings. The van der Waals surface area contributed by atoms with E-state index in [0.717, 1.165) is 30.4 Å². The molecule has 0 fully saturated rings. The number of anilines is 1. The molecule has 72 valence electrons. The highest BCUT2D eigenvalue weighted by Gasteiger charge is 2.12. The fourth-order valence-electron chi connectivity index (χ4n) is 1.65. The number of benzene rings is 1. The molecular formula is C11H11NO2. The average molecular weight is 189 g/mol. The first-order valence-corrected chi connectivity index (χ1v) is 4.67. The molecule has 0 unspecified atom stereocenters. The lowest BCUT2D eigenvalue weighted by Crippen LogP contribution is -2.09. The van der Waals surface area contributed by atoms with E-state index in [2.05, 4.69) is 5.32 Å². The van der Waals surface area contributed by atoms with E-state index in [1.54, 1.807) is 12.1 Å². The Kier molecular flexibility index (Phi) is 2.31. The highest BCUT2D eigenvalue weighted by atomic mass is 16.1. The van der Waals surface area contributed by atoms with Gasteiger partial charge in [0.1, 0.15) is 6.29 Å². The fourth-order valence-corrected chi connectivity index (χ4v) is 1.65. The quantitative estimate of drug-likeness (QED) is 0.684. The lowest BCUT2D eigenvalue weighted by atomic mass is 10.1. The second-order valence-electron chi connectivity index (χ2n) is 3.44. The summed E-state index contributed by atoms with van der Waals surface area (Å²) in [5.41, 5.74) is 2.50. The predicted octanol–water partition coefficient (Wildman–Crippen LogP) is 1.77. The lowest BCUT2D eigenvalue weighted by Gasteiger charge is -2.06. The Balaban J connectivity index is 2.41. The van der Waals surface area contributed by atoms with E-state index in [4.69, 9.17) is 0 Å². The van der Waals surface area contributed by atoms with Gasteiger partial charge in [0.2, 0.25) is 5.91 Å². The van der Waals surface area contributed by atoms with Crippen molar-refractivity contribution in [1.29, 1.82) is 0 Å². The Morgan fingerprint density at radius 2 is 2.14 bits per heavy atom. The smallest absolute Gasteiger partial charge is 0.224 e. The van der Waals surface area contributed by atoms with E-state index in [1.807, 2.05) is 6.07 Å². The molecule has 1 aromatic carbocycles. The molecule has 1 N–H and O–H groups in total. The fraction of sp³-hybridized carbons (Fsp3) is 0.273. The van der Waals surface area contributed by atoms with Crippen LogP contribution >= 0.6 is 0 Å². The van der Waals surface area contributed by atoms with Gasteiger partial charge in [-0.15, -0.1) is 0 Å². The van der Waals surface area contributed by atoms with Gasteiger partial charge in [-0.3, -0.25) is 9.59 Å². The van der Waals surface area contributed by atoms with Crippen molar-refractivity contribution in [3.63, 3.8) is 0 Å². The highest BCUT2D eigenvalue weighted by molar-refractivity contribution is 5.93. The third-order valence-corrected chi connectivity index (χ3v) is 2.39. The third-order valence-electron chi connectivity index (χ3n) is 2.39. The second-order valence-corrected chi connectivity index (χ2v) is 3.44. The van der Waals surface area contributed by atoms with Crippen LogP contribution in [0.15, 0.2) is 18.2 Å². The molecule has 1 amide bonds. The van der Waals surface area contributed by atoms with Crippen LogP contribution in [0.3, 0.4) is 0 Å². The Morgan fingerprint density at radius 3 is 2.93 bits per heavy atom. The van der Waals surface area contributed by atoms with Crippen LogP contribution in [0.4, 0.5) is 5.69 Å². The van der Waals surface area contributed by atoms with Crippen molar-refractivity contribution in [2.45, 2.75) is 19.3 Å². The number of hydrogen-bond donors (Lipinski definition) is 1. The van der Waals surface area contributed by atoms with E-state index < -0.39 is 0 Å². The summed E-state index contributed by atoms with van der Waals surface area (Å²) in [6, 6.07) is 5.42. The summed E-state index contributed by atoms with van der Waals surface area (Å²) >= 11 is 0. The zero-order chi connectivity index (χ0) is 9.97. The molecule has 0 bridgehead atoms. The van der Waals surface area contributed by atoms with Crippen LogP contribution in [0, 0.1) is 0 Å². The minimum absolute atomic E-state index is 0.0341. The minimum atomic E-state index is 0.0341. The normalized spacial score (nSPS) is 15.3. The standard InChI is InChI=1S/C11H11NO2/c13-7-8-4-5-9-2-1-3-11(14)12-10(9)6-8/h4-7H,1-3H2,(H,12,14). The predicted molar refractivity (Wildman–Crippen MR) is 53.4 cm³/mol. The van der Waals surface area contributed by atoms with Crippen molar-refractivity contribution in [3.05, 3.63) is 29.3 Å². The van der Waals surface area contributed by atoms with E-state index in [-0.39, 0.29) is 5.91 Å². The summed E-state index contributed by atoms with van der Waals surface area (Å²) in [5, 5.41) is 2.80. The Morgan fingerprint density at radius 1 is 1.29 bits per heavy atom. The molecule has 2 rings (SSSR count). The van der Waals surface area contributed by atoms with Crippen molar-refractivity contribution >= 4 is 17.9 Å². The number of hydrogen-bond acceptors (Lipinski definition) is 2. The first-order valence-electron chi connectivity index (χ1n) is 4.67. The van der Waals surface area contributed by atoms with E-state index in [1.165, 1.54) is 0 Å². The molecule has 0 saturated heterocycles. The summed E-state index contributed by atoms with van der Waals surface area (Å²) in [6.07, 6.45) is 3.12. The van der Waals surface area contributed by atoms with Crippen LogP contribution in [0.2, 0.25) is 0 Å². The van der Waals surface area contributed by atoms with Crippen LogP contribution in [-0.4, -0.2) is 12.2 Å². The number of nitrogens with one attached hydrogen (secondary N) is 1. The van der Waals surface area contributed by atoms with Crippen LogP contribution in [0.5, 0.6) is 0 Å². The van der Waals surface area contributed by atoms with Crippen LogP contribution in [0.1, 0.15) is 28.8 Å². The number of rotatable bonds is 1. The van der Waals surface area contributed by atoms with E-state index in [0.29, 0.717) is 12.0 Å². The Bertz CT molecular complexity index is 385. The van der Waals surface area contributed by atoms with Crippen LogP contribution in [0.25, 0.3) is 0 Å². The molecule has 0 saturated carbocycles. The zero-order valence-electron chi connectivity index (χ0n) is 7.75. The molecule has 3 heteroatoms. The molecule has 1 heterocycles. The molecule has 0 aromatic heterocycles. The monoisotopic (exact) mass is 189 g/mol. The molecule has 1 aliphatic heterocycles. The van der Waals surface area contributed by atoms with Gasteiger partial charge < -0.3 is 5.32 Å². The highest BCUT2D eigenvalue weighted by Crippen LogP contribution is 2.22. The van der Waals surface area contributed by atoms with E-state index in [9.17, 15) is 9.59 Å². The first kappa shape index (κ1) is 8.94. The lowest BCUT2D eigenvalue weighted by molar-refractivity contribution is -0.116. The topological polar surface area (TPSA) is 46.2 Å². The number of amides is 1. The maximum absolute atomic E-state index is 11.2. The van der Waals surface area contributed by atoms with Crippen molar-refractivity contribution < 1.29 is 9.59 Å². The van der Waals surface area contributed by atoms with E-state index >= 15 is 0 Å².